The predicted molar refractivity (Wildman–Crippen MR) is 157 cm³/mol. The Hall–Kier alpha value is -2.55. The van der Waals surface area contributed by atoms with Gasteiger partial charge in [0.05, 0.1) is 0 Å². The summed E-state index contributed by atoms with van der Waals surface area (Å²) < 4.78 is 24.9. The van der Waals surface area contributed by atoms with Gasteiger partial charge in [-0.1, -0.05) is 45.8 Å². The molecule has 0 radical (unpaired) electrons. The molecule has 3 unspecified atom stereocenters. The number of nitrogens with zero attached hydrogens (tertiary/aromatic N) is 2. The van der Waals surface area contributed by atoms with Crippen molar-refractivity contribution in [1.82, 2.24) is 30.5 Å². The number of hydrogen-bond donors (Lipinski definition) is 5. The van der Waals surface area contributed by atoms with Gasteiger partial charge in [0.2, 0.25) is 11.8 Å². The van der Waals surface area contributed by atoms with Gasteiger partial charge in [0.1, 0.15) is 17.6 Å². The zero-order valence-electron chi connectivity index (χ0n) is 25.1. The fourth-order valence-electron chi connectivity index (χ4n) is 5.64. The first kappa shape index (κ1) is 33.9. The second-order valence-electron chi connectivity index (χ2n) is 12.6. The molecule has 0 bridgehead atoms. The summed E-state index contributed by atoms with van der Waals surface area (Å²) in [6.07, 6.45) is 8.60. The molecule has 0 aromatic rings. The molecular formula is C28H47N6O7S-. The number of fused-ring (bicyclic) bond motifs is 2. The molecule has 2 heterocycles. The average Bonchev–Trinajstić information content (AvgIpc) is 3.37. The Kier molecular flexibility index (Phi) is 11.9. The Morgan fingerprint density at radius 2 is 1.98 bits per heavy atom. The number of urea groups is 1. The van der Waals surface area contributed by atoms with Crippen molar-refractivity contribution in [3.63, 3.8) is 0 Å². The molecule has 1 saturated heterocycles. The van der Waals surface area contributed by atoms with Crippen molar-refractivity contribution in [1.29, 1.82) is 0 Å². The second kappa shape index (κ2) is 14.8. The standard InChI is InChI=1S/C28H48N6O7S/c1-27(2,3)22(18-33(42(40)41)16-14-29-4)31-26(39)30-20-12-9-7-5-6-8-11-19-17-28(19,25(37)38)32-23(35)21-13-10-15-34(21)24(20)36/h8,11,19-22,29H,5-7,9-10,12-18H2,1-4H3,(H,32,35)(H,37,38)(H,40,41)(H2,30,31,39)/p-1/b11-8-/t19?,20-,21-,22?,28+/m0/s1. The Bertz CT molecular complexity index is 1050. The fourth-order valence-corrected chi connectivity index (χ4v) is 6.15. The molecule has 238 valence electrons. The zero-order valence-corrected chi connectivity index (χ0v) is 26.0. The molecule has 3 rings (SSSR count). The molecular weight excluding hydrogens is 564 g/mol. The van der Waals surface area contributed by atoms with E-state index in [1.54, 1.807) is 7.05 Å². The van der Waals surface area contributed by atoms with Gasteiger partial charge >= 0.3 is 12.0 Å². The lowest BCUT2D eigenvalue weighted by atomic mass is 9.86. The molecule has 13 nitrogen and oxygen atoms in total. The van der Waals surface area contributed by atoms with Crippen LogP contribution in [0.2, 0.25) is 0 Å². The average molecular weight is 612 g/mol. The van der Waals surface area contributed by atoms with Crippen LogP contribution in [0.1, 0.15) is 72.1 Å². The molecule has 1 saturated carbocycles. The van der Waals surface area contributed by atoms with Crippen molar-refractivity contribution in [3.8, 4) is 0 Å². The van der Waals surface area contributed by atoms with E-state index >= 15 is 0 Å². The summed E-state index contributed by atoms with van der Waals surface area (Å²) in [4.78, 5) is 53.9. The van der Waals surface area contributed by atoms with Crippen LogP contribution in [0.25, 0.3) is 0 Å². The van der Waals surface area contributed by atoms with Gasteiger partial charge in [-0.05, 0) is 51.0 Å². The minimum atomic E-state index is -2.48. The number of nitrogens with one attached hydrogen (secondary N) is 4. The number of amides is 4. The van der Waals surface area contributed by atoms with E-state index in [1.807, 2.05) is 32.9 Å². The van der Waals surface area contributed by atoms with Crippen LogP contribution in [0.3, 0.4) is 0 Å². The SMILES string of the molecule is CNCCN(CC(NC(=O)N[C@H]1CCCCC/C=C\C2C[C@@]2(C(=O)O)NC(=O)[C@@H]2CCCN2C1=O)C(C)(C)C)S(=O)[O-]. The number of hydrogen-bond acceptors (Lipinski definition) is 7. The summed E-state index contributed by atoms with van der Waals surface area (Å²) >= 11 is -2.48. The van der Waals surface area contributed by atoms with Crippen molar-refractivity contribution in [2.45, 2.75) is 95.8 Å². The van der Waals surface area contributed by atoms with Gasteiger partial charge in [-0.2, -0.15) is 0 Å². The summed E-state index contributed by atoms with van der Waals surface area (Å²) in [7, 11) is 1.72. The lowest BCUT2D eigenvalue weighted by Gasteiger charge is -2.37. The van der Waals surface area contributed by atoms with Crippen LogP contribution in [0.15, 0.2) is 12.2 Å². The molecule has 0 aromatic carbocycles. The van der Waals surface area contributed by atoms with Crippen molar-refractivity contribution in [2.75, 3.05) is 33.2 Å². The first-order valence-corrected chi connectivity index (χ1v) is 15.9. The number of aliphatic carboxylic acids is 1. The van der Waals surface area contributed by atoms with Crippen LogP contribution in [0.5, 0.6) is 0 Å². The highest BCUT2D eigenvalue weighted by Gasteiger charge is 2.61. The van der Waals surface area contributed by atoms with E-state index in [4.69, 9.17) is 0 Å². The minimum absolute atomic E-state index is 0.0571. The lowest BCUT2D eigenvalue weighted by Crippen LogP contribution is -2.59. The summed E-state index contributed by atoms with van der Waals surface area (Å²) in [5.74, 6) is -2.23. The molecule has 2 aliphatic heterocycles. The van der Waals surface area contributed by atoms with Gasteiger partial charge in [0.25, 0.3) is 0 Å². The largest absolute Gasteiger partial charge is 0.760 e. The molecule has 6 atom stereocenters. The highest BCUT2D eigenvalue weighted by molar-refractivity contribution is 7.76. The molecule has 5 N–H and O–H groups in total. The van der Waals surface area contributed by atoms with Gasteiger partial charge < -0.3 is 35.8 Å². The Morgan fingerprint density at radius 1 is 1.24 bits per heavy atom. The van der Waals surface area contributed by atoms with Crippen LogP contribution >= 0.6 is 0 Å². The molecule has 1 aliphatic carbocycles. The van der Waals surface area contributed by atoms with Gasteiger partial charge in [0.15, 0.2) is 0 Å². The Morgan fingerprint density at radius 3 is 2.62 bits per heavy atom. The minimum Gasteiger partial charge on any atom is -0.760 e. The Labute approximate surface area is 251 Å². The third kappa shape index (κ3) is 8.74. The van der Waals surface area contributed by atoms with Gasteiger partial charge in [-0.3, -0.25) is 13.8 Å². The smallest absolute Gasteiger partial charge is 0.330 e. The third-order valence-electron chi connectivity index (χ3n) is 8.48. The highest BCUT2D eigenvalue weighted by Crippen LogP contribution is 2.45. The first-order chi connectivity index (χ1) is 19.8. The van der Waals surface area contributed by atoms with E-state index in [1.165, 1.54) is 9.21 Å². The molecule has 42 heavy (non-hydrogen) atoms. The highest BCUT2D eigenvalue weighted by atomic mass is 32.2. The summed E-state index contributed by atoms with van der Waals surface area (Å²) in [6, 6.07) is -2.85. The van der Waals surface area contributed by atoms with E-state index in [0.29, 0.717) is 45.2 Å². The number of likely N-dealkylation sites (N-methyl/N-ethyl adjacent to an activating group) is 1. The predicted octanol–water partition coefficient (Wildman–Crippen LogP) is 0.855. The maximum absolute atomic E-state index is 13.8. The number of rotatable bonds is 9. The van der Waals surface area contributed by atoms with E-state index < -0.39 is 58.3 Å². The van der Waals surface area contributed by atoms with E-state index in [0.717, 1.165) is 19.3 Å². The van der Waals surface area contributed by atoms with Crippen LogP contribution in [-0.2, 0) is 25.7 Å². The number of carboxylic acids is 1. The molecule has 4 amide bonds. The van der Waals surface area contributed by atoms with Crippen LogP contribution < -0.4 is 21.3 Å². The number of carboxylic acid groups (broad SMARTS) is 1. The van der Waals surface area contributed by atoms with E-state index in [9.17, 15) is 33.0 Å². The lowest BCUT2D eigenvalue weighted by molar-refractivity contribution is -0.145. The van der Waals surface area contributed by atoms with Gasteiger partial charge in [-0.15, -0.1) is 0 Å². The summed E-state index contributed by atoms with van der Waals surface area (Å²) in [5, 5.41) is 21.2. The number of allylic oxidation sites excluding steroid dienone is 1. The van der Waals surface area contributed by atoms with Crippen LogP contribution in [-0.4, -0.2) is 104 Å². The summed E-state index contributed by atoms with van der Waals surface area (Å²) in [6.45, 7) is 6.76. The molecule has 14 heteroatoms. The quantitative estimate of drug-likeness (QED) is 0.188. The molecule has 0 aromatic heterocycles. The van der Waals surface area contributed by atoms with Crippen LogP contribution in [0, 0.1) is 11.3 Å². The molecule has 2 fully saturated rings. The monoisotopic (exact) mass is 611 g/mol. The maximum atomic E-state index is 13.8. The van der Waals surface area contributed by atoms with Crippen LogP contribution in [0.4, 0.5) is 4.79 Å². The normalized spacial score (nSPS) is 29.3. The van der Waals surface area contributed by atoms with E-state index in [2.05, 4.69) is 21.3 Å². The van der Waals surface area contributed by atoms with Crippen molar-refractivity contribution in [2.24, 2.45) is 11.3 Å². The van der Waals surface area contributed by atoms with Crippen molar-refractivity contribution < 1.29 is 33.0 Å². The number of carbonyl (C=O) groups is 4. The topological polar surface area (TPSA) is 183 Å². The fraction of sp³-hybridized carbons (Fsp3) is 0.786. The van der Waals surface area contributed by atoms with Crippen molar-refractivity contribution >= 4 is 35.1 Å². The molecule has 0 spiro atoms. The second-order valence-corrected chi connectivity index (χ2v) is 13.6. The van der Waals surface area contributed by atoms with Gasteiger partial charge in [0, 0.05) is 49.4 Å². The van der Waals surface area contributed by atoms with E-state index in [-0.39, 0.29) is 24.9 Å². The van der Waals surface area contributed by atoms with Crippen molar-refractivity contribution in [3.05, 3.63) is 12.2 Å². The summed E-state index contributed by atoms with van der Waals surface area (Å²) in [5.41, 5.74) is -1.84. The first-order valence-electron chi connectivity index (χ1n) is 14.9. The maximum Gasteiger partial charge on any atom is 0.330 e. The molecule has 3 aliphatic rings. The third-order valence-corrected chi connectivity index (χ3v) is 9.23. The van der Waals surface area contributed by atoms with Gasteiger partial charge in [-0.25, -0.2) is 13.9 Å². The Balaban J connectivity index is 1.76. The zero-order chi connectivity index (χ0) is 31.1. The number of carbonyl (C=O) groups excluding carboxylic acids is 3.